The lowest BCUT2D eigenvalue weighted by Crippen LogP contribution is -2.55. The summed E-state index contributed by atoms with van der Waals surface area (Å²) in [6, 6.07) is 7.10. The van der Waals surface area contributed by atoms with E-state index in [-0.39, 0.29) is 46.9 Å². The van der Waals surface area contributed by atoms with Gasteiger partial charge in [-0.1, -0.05) is 37.1 Å². The number of aromatic amines is 2. The lowest BCUT2D eigenvalue weighted by molar-refractivity contribution is -0.140. The number of nitrogens with one attached hydrogen (secondary N) is 4. The normalized spacial score (nSPS) is 25.5. The van der Waals surface area contributed by atoms with Crippen LogP contribution in [-0.4, -0.2) is 119 Å². The molecule has 2 aromatic carbocycles. The number of hydrogen-bond donors (Lipinski definition) is 4. The highest BCUT2D eigenvalue weighted by atomic mass is 19.3. The standard InChI is InChI=1S/C47H56F2N8O8/c1-23(62-3)39(54-45(60)64-5)43(58)56-35-11-7-9-27(35)19-37(56)41-50-21-33(52-41)25-13-15-29-30-16-14-26(18-32(30)47(48,49)31(29)17-25)34-22-51-42(53-34)38-20-28-10-8-12-36(28)57(38)44(59)40(24(2)63-4)55-46(61)65-6/h13-18,21-24,27-28,35-40H,7-12,19-20H2,1-6H3,(H,50,52)(H,51,53)(H,54,60)(H,55,61)/t23-,24-,27-,28+,35-,36+,37+,38+,39+,40+/m1/s1. The van der Waals surface area contributed by atoms with Gasteiger partial charge in [0.15, 0.2) is 0 Å². The molecule has 9 rings (SSSR count). The maximum Gasteiger partial charge on any atom is 0.407 e. The van der Waals surface area contributed by atoms with Crippen LogP contribution < -0.4 is 10.6 Å². The van der Waals surface area contributed by atoms with Gasteiger partial charge in [-0.05, 0) is 87.5 Å². The van der Waals surface area contributed by atoms with Crippen molar-refractivity contribution in [3.8, 4) is 33.6 Å². The third kappa shape index (κ3) is 7.71. The van der Waals surface area contributed by atoms with E-state index in [1.54, 1.807) is 50.5 Å². The van der Waals surface area contributed by atoms with E-state index in [2.05, 4.69) is 20.6 Å². The molecule has 0 radical (unpaired) electrons. The second kappa shape index (κ2) is 17.5. The summed E-state index contributed by atoms with van der Waals surface area (Å²) in [6.07, 6.45) is 7.37. The van der Waals surface area contributed by atoms with Crippen molar-refractivity contribution in [2.75, 3.05) is 28.4 Å². The average molecular weight is 899 g/mol. The van der Waals surface area contributed by atoms with Crippen LogP contribution in [-0.2, 0) is 34.5 Å². The molecule has 0 bridgehead atoms. The molecular weight excluding hydrogens is 843 g/mol. The van der Waals surface area contributed by atoms with Gasteiger partial charge in [0, 0.05) is 48.6 Å². The molecule has 4 N–H and O–H groups in total. The van der Waals surface area contributed by atoms with Crippen LogP contribution in [0.25, 0.3) is 33.6 Å². The monoisotopic (exact) mass is 898 g/mol. The molecule has 0 spiro atoms. The van der Waals surface area contributed by atoms with Crippen LogP contribution in [0.2, 0.25) is 0 Å². The third-order valence-corrected chi connectivity index (χ3v) is 14.8. The van der Waals surface area contributed by atoms with E-state index in [4.69, 9.17) is 28.9 Å². The molecule has 4 fully saturated rings. The minimum absolute atomic E-state index is 0.0385. The predicted molar refractivity (Wildman–Crippen MR) is 232 cm³/mol. The Hall–Kier alpha value is -5.88. The largest absolute Gasteiger partial charge is 0.453 e. The highest BCUT2D eigenvalue weighted by molar-refractivity contribution is 5.88. The zero-order valence-corrected chi connectivity index (χ0v) is 37.4. The Morgan fingerprint density at radius 2 is 1.09 bits per heavy atom. The van der Waals surface area contributed by atoms with Crippen LogP contribution in [0.3, 0.4) is 0 Å². The van der Waals surface area contributed by atoms with Crippen molar-refractivity contribution in [3.05, 3.63) is 71.6 Å². The van der Waals surface area contributed by atoms with E-state index in [9.17, 15) is 19.2 Å². The number of imidazole rings is 2. The van der Waals surface area contributed by atoms with Crippen molar-refractivity contribution in [2.45, 2.75) is 120 Å². The number of H-pyrrole nitrogens is 2. The van der Waals surface area contributed by atoms with E-state index in [1.807, 2.05) is 9.80 Å². The molecule has 18 heteroatoms. The number of carbonyl (C=O) groups is 4. The summed E-state index contributed by atoms with van der Waals surface area (Å²) >= 11 is 0. The number of methoxy groups -OCH3 is 4. The molecule has 2 aliphatic heterocycles. The summed E-state index contributed by atoms with van der Waals surface area (Å²) in [4.78, 5) is 72.9. The topological polar surface area (TPSA) is 193 Å². The number of alkyl halides is 2. The summed E-state index contributed by atoms with van der Waals surface area (Å²) < 4.78 is 54.0. The fraction of sp³-hybridized carbons (Fsp3) is 0.532. The smallest absolute Gasteiger partial charge is 0.407 e. The van der Waals surface area contributed by atoms with E-state index in [1.165, 1.54) is 40.6 Å². The molecule has 2 saturated carbocycles. The maximum absolute atomic E-state index is 16.7. The van der Waals surface area contributed by atoms with Gasteiger partial charge in [-0.25, -0.2) is 19.6 Å². The van der Waals surface area contributed by atoms with Gasteiger partial charge in [0.2, 0.25) is 11.8 Å². The summed E-state index contributed by atoms with van der Waals surface area (Å²) in [5, 5.41) is 5.31. The Kier molecular flexibility index (Phi) is 11.9. The first-order chi connectivity index (χ1) is 31.3. The van der Waals surface area contributed by atoms with Gasteiger partial charge in [-0.2, -0.15) is 8.78 Å². The quantitative estimate of drug-likeness (QED) is 0.115. The Morgan fingerprint density at radius 3 is 1.48 bits per heavy atom. The summed E-state index contributed by atoms with van der Waals surface area (Å²) in [5.74, 6) is -2.33. The summed E-state index contributed by atoms with van der Waals surface area (Å²) in [7, 11) is 5.43. The van der Waals surface area contributed by atoms with E-state index < -0.39 is 54.5 Å². The SMILES string of the molecule is COC(=O)N[C@H](C(=O)N1[C@@H]2CCC[C@@H]2C[C@H]1c1ncc(-c2ccc3c(c2)C(F)(F)c2cc(-c4cnc([C@@H]5C[C@@H]6CCC[C@@H]6N5C(=O)[C@@H](NC(=O)OC)[C@@H](C)OC)[nH]4)ccc2-3)[nH]1)[C@@H](C)OC. The Morgan fingerprint density at radius 1 is 0.677 bits per heavy atom. The van der Waals surface area contributed by atoms with Gasteiger partial charge in [0.25, 0.3) is 5.92 Å². The highest BCUT2D eigenvalue weighted by Crippen LogP contribution is 2.54. The second-order valence-corrected chi connectivity index (χ2v) is 18.1. The molecule has 4 heterocycles. The Balaban J connectivity index is 0.961. The molecule has 2 saturated heterocycles. The molecular formula is C47H56F2N8O8. The van der Waals surface area contributed by atoms with E-state index >= 15 is 8.78 Å². The number of nitrogens with zero attached hydrogens (tertiary/aromatic N) is 4. The molecule has 3 aliphatic carbocycles. The van der Waals surface area contributed by atoms with Crippen molar-refractivity contribution in [1.29, 1.82) is 0 Å². The number of amides is 4. The Labute approximate surface area is 375 Å². The Bertz CT molecular complexity index is 2310. The zero-order valence-electron chi connectivity index (χ0n) is 37.4. The average Bonchev–Trinajstić information content (AvgIpc) is 4.18. The fourth-order valence-corrected chi connectivity index (χ4v) is 11.3. The predicted octanol–water partition coefficient (Wildman–Crippen LogP) is 6.99. The first-order valence-electron chi connectivity index (χ1n) is 22.4. The number of fused-ring (bicyclic) bond motifs is 5. The molecule has 0 unspecified atom stereocenters. The molecule has 4 aromatic rings. The lowest BCUT2D eigenvalue weighted by atomic mass is 10.0. The number of aromatic nitrogens is 4. The van der Waals surface area contributed by atoms with Gasteiger partial charge in [0.05, 0.1) is 62.3 Å². The van der Waals surface area contributed by atoms with Crippen molar-refractivity contribution >= 4 is 24.0 Å². The van der Waals surface area contributed by atoms with Gasteiger partial charge in [-0.3, -0.25) is 9.59 Å². The summed E-state index contributed by atoms with van der Waals surface area (Å²) in [6.45, 7) is 3.43. The number of likely N-dealkylation sites (tertiary alicyclic amines) is 2. The first kappa shape index (κ1) is 44.3. The number of benzene rings is 2. The number of alkyl carbamates (subject to hydrolysis) is 2. The molecule has 65 heavy (non-hydrogen) atoms. The van der Waals surface area contributed by atoms with Crippen LogP contribution in [0.1, 0.15) is 100 Å². The molecule has 2 aromatic heterocycles. The molecule has 4 amide bonds. The van der Waals surface area contributed by atoms with Crippen LogP contribution in [0.15, 0.2) is 48.8 Å². The minimum Gasteiger partial charge on any atom is -0.453 e. The van der Waals surface area contributed by atoms with Gasteiger partial charge >= 0.3 is 12.2 Å². The van der Waals surface area contributed by atoms with Gasteiger partial charge in [0.1, 0.15) is 23.7 Å². The minimum atomic E-state index is -3.33. The third-order valence-electron chi connectivity index (χ3n) is 14.8. The summed E-state index contributed by atoms with van der Waals surface area (Å²) in [5.41, 5.74) is 2.70. The van der Waals surface area contributed by atoms with E-state index in [0.717, 1.165) is 38.5 Å². The van der Waals surface area contributed by atoms with Crippen LogP contribution >= 0.6 is 0 Å². The number of carbonyl (C=O) groups excluding carboxylic acids is 4. The number of hydrogen-bond acceptors (Lipinski definition) is 10. The highest BCUT2D eigenvalue weighted by Gasteiger charge is 2.52. The molecule has 5 aliphatic rings. The van der Waals surface area contributed by atoms with Crippen LogP contribution in [0, 0.1) is 11.8 Å². The number of halogens is 2. The van der Waals surface area contributed by atoms with E-state index in [0.29, 0.717) is 58.1 Å². The zero-order chi connectivity index (χ0) is 45.9. The molecule has 10 atom stereocenters. The number of ether oxygens (including phenoxy) is 4. The first-order valence-corrected chi connectivity index (χ1v) is 22.4. The van der Waals surface area contributed by atoms with Crippen molar-refractivity contribution in [2.24, 2.45) is 11.8 Å². The molecule has 16 nitrogen and oxygen atoms in total. The van der Waals surface area contributed by atoms with Gasteiger partial charge in [-0.15, -0.1) is 0 Å². The maximum atomic E-state index is 16.7. The molecule has 346 valence electrons. The fourth-order valence-electron chi connectivity index (χ4n) is 11.3. The van der Waals surface area contributed by atoms with Crippen molar-refractivity contribution in [3.63, 3.8) is 0 Å². The van der Waals surface area contributed by atoms with Crippen molar-refractivity contribution in [1.82, 2.24) is 40.4 Å². The van der Waals surface area contributed by atoms with Crippen LogP contribution in [0.4, 0.5) is 18.4 Å². The lowest BCUT2D eigenvalue weighted by Gasteiger charge is -2.34. The second-order valence-electron chi connectivity index (χ2n) is 18.1. The number of rotatable bonds is 12. The van der Waals surface area contributed by atoms with Gasteiger partial charge < -0.3 is 49.3 Å². The van der Waals surface area contributed by atoms with Crippen LogP contribution in [0.5, 0.6) is 0 Å². The van der Waals surface area contributed by atoms with Crippen molar-refractivity contribution < 1.29 is 46.9 Å².